The van der Waals surface area contributed by atoms with Gasteiger partial charge in [-0.25, -0.2) is 4.98 Å². The Hall–Kier alpha value is -2.63. The summed E-state index contributed by atoms with van der Waals surface area (Å²) in [5.41, 5.74) is 0.765. The van der Waals surface area contributed by atoms with Gasteiger partial charge in [0.25, 0.3) is 5.91 Å². The Balaban J connectivity index is 2.08. The number of nitrogens with one attached hydrogen (secondary N) is 2. The summed E-state index contributed by atoms with van der Waals surface area (Å²) in [6.45, 7) is 5.90. The van der Waals surface area contributed by atoms with Gasteiger partial charge < -0.3 is 15.2 Å². The third-order valence-electron chi connectivity index (χ3n) is 3.14. The van der Waals surface area contributed by atoms with E-state index in [-0.39, 0.29) is 11.5 Å². The summed E-state index contributed by atoms with van der Waals surface area (Å²) >= 11 is 0. The molecule has 0 radical (unpaired) electrons. The van der Waals surface area contributed by atoms with E-state index in [0.29, 0.717) is 11.3 Å². The number of anilines is 2. The first-order valence-electron chi connectivity index (χ1n) is 6.85. The van der Waals surface area contributed by atoms with Crippen LogP contribution in [-0.4, -0.2) is 29.0 Å². The van der Waals surface area contributed by atoms with Gasteiger partial charge in [0.2, 0.25) is 5.56 Å². The number of pyridine rings is 2. The van der Waals surface area contributed by atoms with E-state index < -0.39 is 0 Å². The van der Waals surface area contributed by atoms with Crippen LogP contribution in [0.15, 0.2) is 41.5 Å². The molecule has 2 aromatic rings. The topological polar surface area (TPSA) is 78.1 Å². The second-order valence-electron chi connectivity index (χ2n) is 4.47. The largest absolute Gasteiger partial charge is 0.357 e. The maximum absolute atomic E-state index is 12.0. The quantitative estimate of drug-likeness (QED) is 0.879. The number of rotatable bonds is 5. The smallest absolute Gasteiger partial charge is 0.257 e. The number of hydrogen-bond acceptors (Lipinski definition) is 4. The highest BCUT2D eigenvalue weighted by atomic mass is 16.1. The SMILES string of the molecule is CCN(CC)c1ccc(NC(=O)c2ccc(=O)[nH]c2)cn1. The van der Waals surface area contributed by atoms with Crippen molar-refractivity contribution in [1.82, 2.24) is 9.97 Å². The number of amides is 1. The van der Waals surface area contributed by atoms with Gasteiger partial charge in [0, 0.05) is 25.4 Å². The standard InChI is InChI=1S/C15H18N4O2/c1-3-19(4-2)13-7-6-12(10-16-13)18-15(21)11-5-8-14(20)17-9-11/h5-10H,3-4H2,1-2H3,(H,17,20)(H,18,21). The van der Waals surface area contributed by atoms with Crippen molar-refractivity contribution in [2.45, 2.75) is 13.8 Å². The maximum Gasteiger partial charge on any atom is 0.257 e. The van der Waals surface area contributed by atoms with Gasteiger partial charge in [-0.15, -0.1) is 0 Å². The van der Waals surface area contributed by atoms with Gasteiger partial charge in [-0.1, -0.05) is 0 Å². The van der Waals surface area contributed by atoms with Crippen LogP contribution in [0.3, 0.4) is 0 Å². The predicted molar refractivity (Wildman–Crippen MR) is 82.8 cm³/mol. The summed E-state index contributed by atoms with van der Waals surface area (Å²) in [6, 6.07) is 6.47. The number of hydrogen-bond donors (Lipinski definition) is 2. The van der Waals surface area contributed by atoms with Crippen LogP contribution < -0.4 is 15.8 Å². The van der Waals surface area contributed by atoms with Gasteiger partial charge >= 0.3 is 0 Å². The Morgan fingerprint density at radius 2 is 2.00 bits per heavy atom. The Morgan fingerprint density at radius 3 is 2.52 bits per heavy atom. The number of nitrogens with zero attached hydrogens (tertiary/aromatic N) is 2. The van der Waals surface area contributed by atoms with Crippen LogP contribution in [0, 0.1) is 0 Å². The van der Waals surface area contributed by atoms with Gasteiger partial charge in [0.05, 0.1) is 17.4 Å². The zero-order chi connectivity index (χ0) is 15.2. The van der Waals surface area contributed by atoms with Gasteiger partial charge in [0.15, 0.2) is 0 Å². The number of aromatic amines is 1. The van der Waals surface area contributed by atoms with Crippen molar-refractivity contribution in [2.24, 2.45) is 0 Å². The first-order valence-corrected chi connectivity index (χ1v) is 6.85. The number of aromatic nitrogens is 2. The molecule has 6 heteroatoms. The Labute approximate surface area is 122 Å². The van der Waals surface area contributed by atoms with Crippen molar-refractivity contribution in [3.63, 3.8) is 0 Å². The number of carbonyl (C=O) groups is 1. The molecule has 0 aromatic carbocycles. The monoisotopic (exact) mass is 286 g/mol. The predicted octanol–water partition coefficient (Wildman–Crippen LogP) is 1.87. The minimum absolute atomic E-state index is 0.239. The lowest BCUT2D eigenvalue weighted by molar-refractivity contribution is 0.102. The van der Waals surface area contributed by atoms with Gasteiger partial charge in [-0.2, -0.15) is 0 Å². The molecule has 0 fully saturated rings. The molecular weight excluding hydrogens is 268 g/mol. The molecule has 2 rings (SSSR count). The summed E-state index contributed by atoms with van der Waals surface area (Å²) in [5, 5.41) is 2.74. The molecule has 0 atom stereocenters. The summed E-state index contributed by atoms with van der Waals surface area (Å²) in [5.74, 6) is 0.589. The van der Waals surface area contributed by atoms with Gasteiger partial charge in [0.1, 0.15) is 5.82 Å². The fourth-order valence-electron chi connectivity index (χ4n) is 1.95. The van der Waals surface area contributed by atoms with E-state index in [2.05, 4.69) is 34.0 Å². The van der Waals surface area contributed by atoms with Crippen molar-refractivity contribution >= 4 is 17.4 Å². The average molecular weight is 286 g/mol. The molecule has 1 amide bonds. The molecule has 2 N–H and O–H groups in total. The first-order chi connectivity index (χ1) is 10.1. The van der Waals surface area contributed by atoms with Crippen LogP contribution in [0.2, 0.25) is 0 Å². The van der Waals surface area contributed by atoms with Crippen LogP contribution in [-0.2, 0) is 0 Å². The summed E-state index contributed by atoms with van der Waals surface area (Å²) < 4.78 is 0. The Kier molecular flexibility index (Phi) is 4.71. The molecule has 6 nitrogen and oxygen atoms in total. The van der Waals surface area contributed by atoms with Gasteiger partial charge in [-0.3, -0.25) is 9.59 Å². The van der Waals surface area contributed by atoms with E-state index in [1.807, 2.05) is 12.1 Å². The lowest BCUT2D eigenvalue weighted by Crippen LogP contribution is -2.23. The van der Waals surface area contributed by atoms with E-state index >= 15 is 0 Å². The average Bonchev–Trinajstić information content (AvgIpc) is 2.51. The highest BCUT2D eigenvalue weighted by Crippen LogP contribution is 2.14. The normalized spacial score (nSPS) is 10.2. The maximum atomic E-state index is 12.0. The van der Waals surface area contributed by atoms with Crippen LogP contribution in [0.5, 0.6) is 0 Å². The Bertz CT molecular complexity index is 640. The van der Waals surface area contributed by atoms with Crippen molar-refractivity contribution in [1.29, 1.82) is 0 Å². The molecule has 0 spiro atoms. The molecule has 0 bridgehead atoms. The number of H-pyrrole nitrogens is 1. The molecule has 0 saturated heterocycles. The van der Waals surface area contributed by atoms with Crippen molar-refractivity contribution < 1.29 is 4.79 Å². The molecule has 21 heavy (non-hydrogen) atoms. The summed E-state index contributed by atoms with van der Waals surface area (Å²) in [4.78, 5) is 31.9. The highest BCUT2D eigenvalue weighted by molar-refractivity contribution is 6.03. The minimum Gasteiger partial charge on any atom is -0.357 e. The van der Waals surface area contributed by atoms with E-state index in [1.165, 1.54) is 18.3 Å². The summed E-state index contributed by atoms with van der Waals surface area (Å²) in [7, 11) is 0. The molecule has 0 aliphatic rings. The molecular formula is C15H18N4O2. The molecule has 0 aliphatic carbocycles. The Morgan fingerprint density at radius 1 is 1.24 bits per heavy atom. The highest BCUT2D eigenvalue weighted by Gasteiger charge is 2.07. The van der Waals surface area contributed by atoms with Crippen LogP contribution >= 0.6 is 0 Å². The molecule has 0 saturated carbocycles. The molecule has 110 valence electrons. The van der Waals surface area contributed by atoms with E-state index in [1.54, 1.807) is 6.20 Å². The molecule has 2 aromatic heterocycles. The first kappa shape index (κ1) is 14.8. The fraction of sp³-hybridized carbons (Fsp3) is 0.267. The molecule has 2 heterocycles. The molecule has 0 aliphatic heterocycles. The minimum atomic E-state index is -0.288. The zero-order valence-electron chi connectivity index (χ0n) is 12.1. The second-order valence-corrected chi connectivity index (χ2v) is 4.47. The van der Waals surface area contributed by atoms with Crippen molar-refractivity contribution in [3.8, 4) is 0 Å². The summed E-state index contributed by atoms with van der Waals surface area (Å²) in [6.07, 6.45) is 3.01. The van der Waals surface area contributed by atoms with E-state index in [0.717, 1.165) is 18.9 Å². The second kappa shape index (κ2) is 6.69. The third kappa shape index (κ3) is 3.68. The van der Waals surface area contributed by atoms with Gasteiger partial charge in [-0.05, 0) is 32.0 Å². The van der Waals surface area contributed by atoms with Crippen LogP contribution in [0.25, 0.3) is 0 Å². The van der Waals surface area contributed by atoms with Crippen LogP contribution in [0.4, 0.5) is 11.5 Å². The van der Waals surface area contributed by atoms with Crippen LogP contribution in [0.1, 0.15) is 24.2 Å². The van der Waals surface area contributed by atoms with Crippen molar-refractivity contribution in [2.75, 3.05) is 23.3 Å². The fourth-order valence-corrected chi connectivity index (χ4v) is 1.95. The van der Waals surface area contributed by atoms with Crippen molar-refractivity contribution in [3.05, 3.63) is 52.6 Å². The van der Waals surface area contributed by atoms with E-state index in [4.69, 9.17) is 0 Å². The third-order valence-corrected chi connectivity index (χ3v) is 3.14. The zero-order valence-corrected chi connectivity index (χ0v) is 12.1. The lowest BCUT2D eigenvalue weighted by Gasteiger charge is -2.19. The van der Waals surface area contributed by atoms with E-state index in [9.17, 15) is 9.59 Å². The molecule has 0 unspecified atom stereocenters. The lowest BCUT2D eigenvalue weighted by atomic mass is 10.2. The number of carbonyl (C=O) groups excluding carboxylic acids is 1.